The van der Waals surface area contributed by atoms with Gasteiger partial charge in [0.05, 0.1) is 16.8 Å². The Hall–Kier alpha value is -3.05. The second-order valence-electron chi connectivity index (χ2n) is 4.94. The second-order valence-corrected chi connectivity index (χ2v) is 5.35. The Bertz CT molecular complexity index is 858. The summed E-state index contributed by atoms with van der Waals surface area (Å²) in [6.45, 7) is 0. The maximum absolute atomic E-state index is 12.2. The van der Waals surface area contributed by atoms with Gasteiger partial charge in [0, 0.05) is 11.4 Å². The van der Waals surface area contributed by atoms with Gasteiger partial charge in [0.2, 0.25) is 0 Å². The van der Waals surface area contributed by atoms with Crippen LogP contribution in [0.2, 0.25) is 5.02 Å². The highest BCUT2D eigenvalue weighted by atomic mass is 35.5. The van der Waals surface area contributed by atoms with E-state index in [1.165, 1.54) is 6.26 Å². The number of nitrogens with one attached hydrogen (secondary N) is 2. The van der Waals surface area contributed by atoms with Crippen molar-refractivity contribution in [1.82, 2.24) is 0 Å². The Kier molecular flexibility index (Phi) is 4.63. The summed E-state index contributed by atoms with van der Waals surface area (Å²) in [7, 11) is 0. The average Bonchev–Trinajstić information content (AvgIpc) is 3.11. The molecule has 2 N–H and O–H groups in total. The van der Waals surface area contributed by atoms with E-state index in [1.54, 1.807) is 60.7 Å². The Morgan fingerprint density at radius 3 is 2.00 bits per heavy atom. The zero-order valence-corrected chi connectivity index (χ0v) is 13.2. The van der Waals surface area contributed by atoms with Crippen LogP contribution < -0.4 is 10.6 Å². The van der Waals surface area contributed by atoms with Gasteiger partial charge in [-0.3, -0.25) is 9.59 Å². The Balaban J connectivity index is 1.65. The molecule has 24 heavy (non-hydrogen) atoms. The molecule has 2 aromatic carbocycles. The van der Waals surface area contributed by atoms with Crippen molar-refractivity contribution in [3.63, 3.8) is 0 Å². The molecule has 5 nitrogen and oxygen atoms in total. The summed E-state index contributed by atoms with van der Waals surface area (Å²) in [6, 6.07) is 16.8. The molecule has 0 unspecified atom stereocenters. The summed E-state index contributed by atoms with van der Waals surface area (Å²) in [5.41, 5.74) is 1.58. The number of benzene rings is 2. The van der Waals surface area contributed by atoms with Gasteiger partial charge in [-0.2, -0.15) is 0 Å². The predicted molar refractivity (Wildman–Crippen MR) is 92.5 cm³/mol. The zero-order chi connectivity index (χ0) is 16.9. The molecule has 0 radical (unpaired) electrons. The predicted octanol–water partition coefficient (Wildman–Crippen LogP) is 4.44. The van der Waals surface area contributed by atoms with Crippen LogP contribution in [0.15, 0.2) is 71.3 Å². The van der Waals surface area contributed by atoms with E-state index >= 15 is 0 Å². The fourth-order valence-corrected chi connectivity index (χ4v) is 2.30. The largest absolute Gasteiger partial charge is 0.459 e. The minimum atomic E-state index is -0.340. The topological polar surface area (TPSA) is 71.3 Å². The number of carbonyl (C=O) groups excluding carboxylic acids is 2. The van der Waals surface area contributed by atoms with Gasteiger partial charge in [0.15, 0.2) is 5.76 Å². The standard InChI is InChI=1S/C18H13ClN2O3/c19-15-5-2-1-4-14(15)17(22)20-12-7-9-13(10-8-12)21-18(23)16-6-3-11-24-16/h1-11H,(H,20,22)(H,21,23). The van der Waals surface area contributed by atoms with E-state index in [0.717, 1.165) is 0 Å². The number of carbonyl (C=O) groups is 2. The summed E-state index contributed by atoms with van der Waals surface area (Å²) in [5.74, 6) is -0.410. The molecule has 0 atom stereocenters. The lowest BCUT2D eigenvalue weighted by Gasteiger charge is -2.08. The van der Waals surface area contributed by atoms with E-state index < -0.39 is 0 Å². The van der Waals surface area contributed by atoms with Crippen LogP contribution in [0.4, 0.5) is 11.4 Å². The SMILES string of the molecule is O=C(Nc1ccc(NC(=O)c2ccccc2Cl)cc1)c1ccco1. The molecule has 3 aromatic rings. The molecule has 1 aromatic heterocycles. The number of halogens is 1. The van der Waals surface area contributed by atoms with E-state index in [-0.39, 0.29) is 17.6 Å². The van der Waals surface area contributed by atoms with Crippen LogP contribution in [0.1, 0.15) is 20.9 Å². The Labute approximate surface area is 143 Å². The first-order valence-electron chi connectivity index (χ1n) is 7.14. The van der Waals surface area contributed by atoms with Gasteiger partial charge >= 0.3 is 0 Å². The van der Waals surface area contributed by atoms with Crippen LogP contribution in [0.25, 0.3) is 0 Å². The molecule has 0 spiro atoms. The molecule has 6 heteroatoms. The van der Waals surface area contributed by atoms with E-state index in [2.05, 4.69) is 10.6 Å². The van der Waals surface area contributed by atoms with Crippen molar-refractivity contribution >= 4 is 34.8 Å². The maximum atomic E-state index is 12.2. The molecule has 0 bridgehead atoms. The summed E-state index contributed by atoms with van der Waals surface area (Å²) >= 11 is 6.00. The van der Waals surface area contributed by atoms with Crippen molar-refractivity contribution in [2.75, 3.05) is 10.6 Å². The minimum Gasteiger partial charge on any atom is -0.459 e. The van der Waals surface area contributed by atoms with Crippen LogP contribution in [0.5, 0.6) is 0 Å². The van der Waals surface area contributed by atoms with E-state index in [4.69, 9.17) is 16.0 Å². The Morgan fingerprint density at radius 1 is 0.792 bits per heavy atom. The third-order valence-electron chi connectivity index (χ3n) is 3.26. The van der Waals surface area contributed by atoms with Crippen molar-refractivity contribution in [3.05, 3.63) is 83.3 Å². The number of anilines is 2. The summed E-state index contributed by atoms with van der Waals surface area (Å²) in [5, 5.41) is 5.84. The third kappa shape index (κ3) is 3.64. The van der Waals surface area contributed by atoms with Gasteiger partial charge < -0.3 is 15.1 Å². The van der Waals surface area contributed by atoms with Crippen LogP contribution in [-0.2, 0) is 0 Å². The van der Waals surface area contributed by atoms with E-state index in [9.17, 15) is 9.59 Å². The zero-order valence-electron chi connectivity index (χ0n) is 12.5. The molecule has 120 valence electrons. The summed E-state index contributed by atoms with van der Waals surface area (Å²) in [6.07, 6.45) is 1.43. The highest BCUT2D eigenvalue weighted by molar-refractivity contribution is 6.34. The molecular weight excluding hydrogens is 328 g/mol. The first-order valence-corrected chi connectivity index (χ1v) is 7.52. The maximum Gasteiger partial charge on any atom is 0.291 e. The van der Waals surface area contributed by atoms with Crippen LogP contribution in [0, 0.1) is 0 Å². The molecule has 0 saturated heterocycles. The first-order chi connectivity index (χ1) is 11.6. The van der Waals surface area contributed by atoms with Crippen molar-refractivity contribution < 1.29 is 14.0 Å². The molecule has 0 aliphatic carbocycles. The quantitative estimate of drug-likeness (QED) is 0.737. The second kappa shape index (κ2) is 7.02. The molecule has 0 aliphatic heterocycles. The summed E-state index contributed by atoms with van der Waals surface area (Å²) < 4.78 is 5.02. The number of hydrogen-bond acceptors (Lipinski definition) is 3. The monoisotopic (exact) mass is 340 g/mol. The lowest BCUT2D eigenvalue weighted by atomic mass is 10.2. The van der Waals surface area contributed by atoms with Crippen molar-refractivity contribution in [2.45, 2.75) is 0 Å². The van der Waals surface area contributed by atoms with Gasteiger partial charge in [-0.25, -0.2) is 0 Å². The fourth-order valence-electron chi connectivity index (χ4n) is 2.08. The average molecular weight is 341 g/mol. The highest BCUT2D eigenvalue weighted by Gasteiger charge is 2.11. The van der Waals surface area contributed by atoms with Gasteiger partial charge in [0.1, 0.15) is 0 Å². The van der Waals surface area contributed by atoms with Crippen molar-refractivity contribution in [1.29, 1.82) is 0 Å². The number of amides is 2. The molecular formula is C18H13ClN2O3. The fraction of sp³-hybridized carbons (Fsp3) is 0. The van der Waals surface area contributed by atoms with Crippen LogP contribution in [-0.4, -0.2) is 11.8 Å². The van der Waals surface area contributed by atoms with Crippen LogP contribution >= 0.6 is 11.6 Å². The van der Waals surface area contributed by atoms with E-state index in [0.29, 0.717) is 22.0 Å². The highest BCUT2D eigenvalue weighted by Crippen LogP contribution is 2.19. The molecule has 1 heterocycles. The smallest absolute Gasteiger partial charge is 0.291 e. The number of hydrogen-bond donors (Lipinski definition) is 2. The van der Waals surface area contributed by atoms with Gasteiger partial charge in [-0.1, -0.05) is 23.7 Å². The molecule has 0 fully saturated rings. The van der Waals surface area contributed by atoms with Crippen LogP contribution in [0.3, 0.4) is 0 Å². The van der Waals surface area contributed by atoms with Gasteiger partial charge in [-0.05, 0) is 48.5 Å². The molecule has 0 saturated carbocycles. The summed E-state index contributed by atoms with van der Waals surface area (Å²) in [4.78, 5) is 24.0. The van der Waals surface area contributed by atoms with Gasteiger partial charge in [0.25, 0.3) is 11.8 Å². The first kappa shape index (κ1) is 15.8. The minimum absolute atomic E-state index is 0.228. The number of furan rings is 1. The number of rotatable bonds is 4. The van der Waals surface area contributed by atoms with Crippen molar-refractivity contribution in [3.8, 4) is 0 Å². The normalized spacial score (nSPS) is 10.2. The lowest BCUT2D eigenvalue weighted by molar-refractivity contribution is 0.0994. The molecule has 0 aliphatic rings. The van der Waals surface area contributed by atoms with Crippen molar-refractivity contribution in [2.24, 2.45) is 0 Å². The molecule has 2 amide bonds. The third-order valence-corrected chi connectivity index (χ3v) is 3.59. The van der Waals surface area contributed by atoms with E-state index in [1.807, 2.05) is 0 Å². The Morgan fingerprint density at radius 2 is 1.42 bits per heavy atom. The van der Waals surface area contributed by atoms with Gasteiger partial charge in [-0.15, -0.1) is 0 Å². The molecule has 3 rings (SSSR count). The lowest BCUT2D eigenvalue weighted by Crippen LogP contribution is -2.13.